The van der Waals surface area contributed by atoms with Gasteiger partial charge >= 0.3 is 0 Å². The lowest BCUT2D eigenvalue weighted by atomic mass is 9.75. The molecule has 1 N–H and O–H groups in total. The highest BCUT2D eigenvalue weighted by molar-refractivity contribution is 6.05. The summed E-state index contributed by atoms with van der Waals surface area (Å²) in [7, 11) is 0. The molecule has 15 heavy (non-hydrogen) atoms. The highest BCUT2D eigenvalue weighted by Gasteiger charge is 2.34. The third-order valence-electron chi connectivity index (χ3n) is 2.95. The van der Waals surface area contributed by atoms with Gasteiger partial charge in [-0.1, -0.05) is 39.8 Å². The van der Waals surface area contributed by atoms with Gasteiger partial charge in [-0.2, -0.15) is 0 Å². The number of nitrogens with one attached hydrogen (secondary N) is 1. The van der Waals surface area contributed by atoms with Crippen molar-refractivity contribution in [3.63, 3.8) is 0 Å². The summed E-state index contributed by atoms with van der Waals surface area (Å²) in [6, 6.07) is 0.0848. The fraction of sp³-hybridized carbons (Fsp3) is 0.615. The van der Waals surface area contributed by atoms with E-state index < -0.39 is 0 Å². The Bertz CT molecular complexity index is 289. The summed E-state index contributed by atoms with van der Waals surface area (Å²) in [5.74, 6) is 0.0586. The van der Waals surface area contributed by atoms with Gasteiger partial charge in [0.2, 0.25) is 0 Å². The van der Waals surface area contributed by atoms with Crippen LogP contribution in [-0.4, -0.2) is 18.4 Å². The zero-order valence-corrected chi connectivity index (χ0v) is 9.97. The van der Waals surface area contributed by atoms with Crippen LogP contribution in [0.1, 0.15) is 33.6 Å². The molecule has 0 radical (unpaired) electrons. The average molecular weight is 207 g/mol. The van der Waals surface area contributed by atoms with E-state index in [0.29, 0.717) is 5.57 Å². The Kier molecular flexibility index (Phi) is 3.86. The van der Waals surface area contributed by atoms with Crippen molar-refractivity contribution in [2.75, 3.05) is 6.54 Å². The first-order chi connectivity index (χ1) is 6.99. The smallest absolute Gasteiger partial charge is 0.182 e. The van der Waals surface area contributed by atoms with Crippen molar-refractivity contribution < 1.29 is 4.79 Å². The summed E-state index contributed by atoms with van der Waals surface area (Å²) in [5.41, 5.74) is 0.678. The summed E-state index contributed by atoms with van der Waals surface area (Å²) >= 11 is 0. The van der Waals surface area contributed by atoms with Gasteiger partial charge in [-0.25, -0.2) is 0 Å². The number of allylic oxidation sites excluding steroid dienone is 1. The van der Waals surface area contributed by atoms with Crippen LogP contribution in [0.5, 0.6) is 0 Å². The van der Waals surface area contributed by atoms with Crippen LogP contribution >= 0.6 is 0 Å². The molecule has 1 atom stereocenters. The molecule has 0 saturated carbocycles. The van der Waals surface area contributed by atoms with E-state index in [0.717, 1.165) is 19.4 Å². The molecule has 0 aliphatic heterocycles. The molecule has 2 nitrogen and oxygen atoms in total. The number of unbranched alkanes of at least 4 members (excludes halogenated alkanes) is 1. The lowest BCUT2D eigenvalue weighted by Gasteiger charge is -2.36. The maximum atomic E-state index is 11.5. The Balaban J connectivity index is 2.70. The zero-order chi connectivity index (χ0) is 11.5. The Morgan fingerprint density at radius 2 is 2.20 bits per heavy atom. The van der Waals surface area contributed by atoms with Gasteiger partial charge in [-0.3, -0.25) is 4.79 Å². The molecule has 1 aliphatic rings. The highest BCUT2D eigenvalue weighted by Crippen LogP contribution is 2.31. The van der Waals surface area contributed by atoms with E-state index in [2.05, 4.69) is 32.7 Å². The predicted octanol–water partition coefficient (Wildman–Crippen LogP) is 2.47. The van der Waals surface area contributed by atoms with Crippen LogP contribution in [0.4, 0.5) is 0 Å². The molecule has 1 aliphatic carbocycles. The molecule has 1 unspecified atom stereocenters. The summed E-state index contributed by atoms with van der Waals surface area (Å²) in [6.07, 6.45) is 5.92. The topological polar surface area (TPSA) is 29.1 Å². The fourth-order valence-electron chi connectivity index (χ4n) is 1.89. The van der Waals surface area contributed by atoms with Crippen molar-refractivity contribution in [1.29, 1.82) is 0 Å². The maximum Gasteiger partial charge on any atom is 0.182 e. The quantitative estimate of drug-likeness (QED) is 0.567. The van der Waals surface area contributed by atoms with Crippen molar-refractivity contribution in [1.82, 2.24) is 5.32 Å². The molecule has 0 heterocycles. The van der Waals surface area contributed by atoms with Crippen LogP contribution < -0.4 is 5.32 Å². The van der Waals surface area contributed by atoms with Crippen molar-refractivity contribution in [2.45, 2.75) is 39.7 Å². The first kappa shape index (κ1) is 12.2. The molecule has 0 aromatic heterocycles. The van der Waals surface area contributed by atoms with Gasteiger partial charge in [0.15, 0.2) is 5.78 Å². The van der Waals surface area contributed by atoms with Crippen molar-refractivity contribution >= 4 is 5.78 Å². The van der Waals surface area contributed by atoms with Crippen LogP contribution in [0.15, 0.2) is 24.3 Å². The Hall–Kier alpha value is -0.890. The molecular formula is C13H21NO. The summed E-state index contributed by atoms with van der Waals surface area (Å²) in [5, 5.41) is 3.42. The van der Waals surface area contributed by atoms with E-state index in [1.54, 1.807) is 6.08 Å². The fourth-order valence-corrected chi connectivity index (χ4v) is 1.89. The lowest BCUT2D eigenvalue weighted by Crippen LogP contribution is -2.46. The number of hydrogen-bond donors (Lipinski definition) is 1. The largest absolute Gasteiger partial charge is 0.309 e. The zero-order valence-electron chi connectivity index (χ0n) is 9.97. The molecule has 0 bridgehead atoms. The normalized spacial score (nSPS) is 24.6. The van der Waals surface area contributed by atoms with E-state index in [9.17, 15) is 4.79 Å². The highest BCUT2D eigenvalue weighted by atomic mass is 16.1. The molecule has 0 aromatic carbocycles. The number of carbonyl (C=O) groups excluding carboxylic acids is 1. The molecule has 0 aromatic rings. The first-order valence-corrected chi connectivity index (χ1v) is 5.65. The van der Waals surface area contributed by atoms with Crippen molar-refractivity contribution in [3.8, 4) is 0 Å². The van der Waals surface area contributed by atoms with Crippen LogP contribution in [0.25, 0.3) is 0 Å². The first-order valence-electron chi connectivity index (χ1n) is 5.65. The molecule has 84 valence electrons. The molecule has 0 fully saturated rings. The van der Waals surface area contributed by atoms with E-state index in [1.165, 1.54) is 0 Å². The summed E-state index contributed by atoms with van der Waals surface area (Å²) < 4.78 is 0. The van der Waals surface area contributed by atoms with E-state index in [4.69, 9.17) is 0 Å². The molecule has 2 heteroatoms. The van der Waals surface area contributed by atoms with Crippen LogP contribution in [0, 0.1) is 5.41 Å². The van der Waals surface area contributed by atoms with E-state index in [-0.39, 0.29) is 17.2 Å². The Morgan fingerprint density at radius 3 is 2.80 bits per heavy atom. The lowest BCUT2D eigenvalue weighted by molar-refractivity contribution is -0.112. The minimum Gasteiger partial charge on any atom is -0.309 e. The van der Waals surface area contributed by atoms with Crippen LogP contribution in [0.2, 0.25) is 0 Å². The molecule has 1 rings (SSSR count). The van der Waals surface area contributed by atoms with Crippen molar-refractivity contribution in [2.24, 2.45) is 5.41 Å². The van der Waals surface area contributed by atoms with Gasteiger partial charge in [0, 0.05) is 17.0 Å². The van der Waals surface area contributed by atoms with E-state index >= 15 is 0 Å². The van der Waals surface area contributed by atoms with Gasteiger partial charge in [0.05, 0.1) is 0 Å². The van der Waals surface area contributed by atoms with Gasteiger partial charge < -0.3 is 5.32 Å². The number of hydrogen-bond acceptors (Lipinski definition) is 2. The second-order valence-electron chi connectivity index (χ2n) is 4.78. The monoisotopic (exact) mass is 207 g/mol. The molecule has 0 saturated heterocycles. The SMILES string of the molecule is C=C1C(=O)C=CC(C)(C)C1NCCCC. The van der Waals surface area contributed by atoms with Gasteiger partial charge in [-0.05, 0) is 19.0 Å². The minimum atomic E-state index is -0.0151. The van der Waals surface area contributed by atoms with Gasteiger partial charge in [0.25, 0.3) is 0 Å². The standard InChI is InChI=1S/C13H21NO/c1-5-6-9-14-12-10(2)11(15)7-8-13(12,3)4/h7-8,12,14H,2,5-6,9H2,1,3-4H3. The van der Waals surface area contributed by atoms with Gasteiger partial charge in [-0.15, -0.1) is 0 Å². The van der Waals surface area contributed by atoms with E-state index in [1.807, 2.05) is 6.08 Å². The number of rotatable bonds is 4. The number of carbonyl (C=O) groups is 1. The van der Waals surface area contributed by atoms with Gasteiger partial charge in [0.1, 0.15) is 0 Å². The summed E-state index contributed by atoms with van der Waals surface area (Å²) in [6.45, 7) is 11.3. The second kappa shape index (κ2) is 4.75. The Labute approximate surface area is 92.4 Å². The Morgan fingerprint density at radius 1 is 1.53 bits per heavy atom. The molecule has 0 spiro atoms. The third kappa shape index (κ3) is 2.78. The molecule has 0 amide bonds. The number of ketones is 1. The molecular weight excluding hydrogens is 186 g/mol. The maximum absolute atomic E-state index is 11.5. The average Bonchev–Trinajstić information content (AvgIpc) is 2.18. The minimum absolute atomic E-state index is 0.0151. The van der Waals surface area contributed by atoms with Crippen molar-refractivity contribution in [3.05, 3.63) is 24.3 Å². The third-order valence-corrected chi connectivity index (χ3v) is 2.95. The van der Waals surface area contributed by atoms with Crippen LogP contribution in [-0.2, 0) is 4.79 Å². The van der Waals surface area contributed by atoms with Crippen LogP contribution in [0.3, 0.4) is 0 Å². The summed E-state index contributed by atoms with van der Waals surface area (Å²) in [4.78, 5) is 11.5. The second-order valence-corrected chi connectivity index (χ2v) is 4.78. The predicted molar refractivity (Wildman–Crippen MR) is 63.8 cm³/mol.